The fourth-order valence-electron chi connectivity index (χ4n) is 2.71. The molecule has 3 rings (SSSR count). The minimum Gasteiger partial charge on any atom is -0.462 e. The van der Waals surface area contributed by atoms with Crippen LogP contribution in [0.4, 0.5) is 0 Å². The maximum absolute atomic E-state index is 12.7. The molecule has 0 radical (unpaired) electrons. The van der Waals surface area contributed by atoms with Crippen LogP contribution in [0.25, 0.3) is 20.9 Å². The Hall–Kier alpha value is -1.91. The molecule has 0 saturated heterocycles. The first-order valence-electron chi connectivity index (χ1n) is 8.06. The Morgan fingerprint density at radius 3 is 2.46 bits per heavy atom. The number of hydrogen-bond donors (Lipinski definition) is 0. The summed E-state index contributed by atoms with van der Waals surface area (Å²) in [4.78, 5) is 16.1. The van der Waals surface area contributed by atoms with Crippen LogP contribution in [-0.4, -0.2) is 12.6 Å². The summed E-state index contributed by atoms with van der Waals surface area (Å²) in [6, 6.07) is 14.4. The average molecular weight is 357 g/mol. The van der Waals surface area contributed by atoms with Gasteiger partial charge in [0.2, 0.25) is 0 Å². The van der Waals surface area contributed by atoms with E-state index >= 15 is 0 Å². The topological polar surface area (TPSA) is 26.3 Å². The maximum Gasteiger partial charge on any atom is 0.339 e. The number of rotatable bonds is 5. The van der Waals surface area contributed by atoms with Crippen LogP contribution in [0.3, 0.4) is 0 Å². The van der Waals surface area contributed by atoms with E-state index in [1.165, 1.54) is 0 Å². The van der Waals surface area contributed by atoms with Gasteiger partial charge in [-0.1, -0.05) is 50.2 Å². The Balaban J connectivity index is 2.30. The molecule has 2 aromatic heterocycles. The van der Waals surface area contributed by atoms with E-state index in [1.807, 2.05) is 36.6 Å². The summed E-state index contributed by atoms with van der Waals surface area (Å²) in [6.45, 7) is 6.49. The highest BCUT2D eigenvalue weighted by Gasteiger charge is 2.28. The molecule has 0 aliphatic rings. The molecule has 0 atom stereocenters. The van der Waals surface area contributed by atoms with Gasteiger partial charge in [-0.3, -0.25) is 0 Å². The van der Waals surface area contributed by atoms with Gasteiger partial charge in [-0.2, -0.15) is 0 Å². The average Bonchev–Trinajstić information content (AvgIpc) is 3.23. The van der Waals surface area contributed by atoms with Gasteiger partial charge >= 0.3 is 5.97 Å². The molecule has 124 valence electrons. The van der Waals surface area contributed by atoms with E-state index in [0.717, 1.165) is 31.3 Å². The van der Waals surface area contributed by atoms with Crippen LogP contribution in [0.2, 0.25) is 0 Å². The molecule has 0 fully saturated rings. The third-order valence-corrected chi connectivity index (χ3v) is 6.17. The highest BCUT2D eigenvalue weighted by atomic mass is 32.1. The molecule has 2 nitrogen and oxygen atoms in total. The molecule has 2 heterocycles. The third-order valence-electron chi connectivity index (χ3n) is 3.74. The lowest BCUT2D eigenvalue weighted by atomic mass is 9.99. The van der Waals surface area contributed by atoms with Gasteiger partial charge < -0.3 is 4.74 Å². The van der Waals surface area contributed by atoms with Crippen LogP contribution in [0.1, 0.15) is 41.9 Å². The van der Waals surface area contributed by atoms with Gasteiger partial charge in [-0.25, -0.2) is 4.79 Å². The van der Waals surface area contributed by atoms with E-state index in [0.29, 0.717) is 6.61 Å². The number of esters is 1. The molecule has 0 aliphatic heterocycles. The lowest BCUT2D eigenvalue weighted by Crippen LogP contribution is -2.08. The predicted octanol–water partition coefficient (Wildman–Crippen LogP) is 6.44. The van der Waals surface area contributed by atoms with Crippen LogP contribution in [0.5, 0.6) is 0 Å². The normalized spacial score (nSPS) is 11.0. The van der Waals surface area contributed by atoms with Crippen molar-refractivity contribution >= 4 is 28.6 Å². The number of thiophene rings is 2. The standard InChI is InChI=1S/C20H20O2S2/c1-4-22-20(21)17-16(15-11-8-12-23-15)19(24-18(17)13(2)3)14-9-6-5-7-10-14/h5-13H,4H2,1-3H3. The van der Waals surface area contributed by atoms with E-state index in [-0.39, 0.29) is 11.9 Å². The number of carbonyl (C=O) groups excluding carboxylic acids is 1. The summed E-state index contributed by atoms with van der Waals surface area (Å²) in [6.07, 6.45) is 0. The van der Waals surface area contributed by atoms with Gasteiger partial charge in [0.05, 0.1) is 12.2 Å². The Morgan fingerprint density at radius 2 is 1.88 bits per heavy atom. The van der Waals surface area contributed by atoms with Gasteiger partial charge in [0.15, 0.2) is 0 Å². The van der Waals surface area contributed by atoms with Gasteiger partial charge in [0.25, 0.3) is 0 Å². The highest BCUT2D eigenvalue weighted by molar-refractivity contribution is 7.18. The summed E-state index contributed by atoms with van der Waals surface area (Å²) in [5, 5.41) is 2.05. The van der Waals surface area contributed by atoms with E-state index in [1.54, 1.807) is 22.7 Å². The first-order chi connectivity index (χ1) is 11.6. The first-order valence-corrected chi connectivity index (χ1v) is 9.76. The molecular weight excluding hydrogens is 336 g/mol. The molecule has 0 aliphatic carbocycles. The van der Waals surface area contributed by atoms with E-state index < -0.39 is 0 Å². The van der Waals surface area contributed by atoms with Crippen molar-refractivity contribution in [2.75, 3.05) is 6.61 Å². The van der Waals surface area contributed by atoms with Crippen molar-refractivity contribution in [3.63, 3.8) is 0 Å². The summed E-state index contributed by atoms with van der Waals surface area (Å²) in [5.41, 5.74) is 2.89. The van der Waals surface area contributed by atoms with Crippen LogP contribution in [-0.2, 0) is 4.74 Å². The Labute approximate surface area is 150 Å². The summed E-state index contributed by atoms with van der Waals surface area (Å²) in [5.74, 6) is 0.0496. The van der Waals surface area contributed by atoms with Gasteiger partial charge in [-0.05, 0) is 29.9 Å². The van der Waals surface area contributed by atoms with E-state index in [2.05, 4.69) is 32.0 Å². The van der Waals surface area contributed by atoms with Crippen LogP contribution in [0.15, 0.2) is 47.8 Å². The fraction of sp³-hybridized carbons (Fsp3) is 0.250. The summed E-state index contributed by atoms with van der Waals surface area (Å²) in [7, 11) is 0. The number of hydrogen-bond acceptors (Lipinski definition) is 4. The second-order valence-electron chi connectivity index (χ2n) is 5.76. The van der Waals surface area contributed by atoms with Crippen molar-refractivity contribution < 1.29 is 9.53 Å². The van der Waals surface area contributed by atoms with Crippen molar-refractivity contribution in [2.45, 2.75) is 26.7 Å². The number of benzene rings is 1. The highest BCUT2D eigenvalue weighted by Crippen LogP contribution is 2.47. The summed E-state index contributed by atoms with van der Waals surface area (Å²) < 4.78 is 5.38. The molecule has 0 spiro atoms. The first kappa shape index (κ1) is 16.9. The Kier molecular flexibility index (Phi) is 5.17. The van der Waals surface area contributed by atoms with Crippen molar-refractivity contribution in [1.29, 1.82) is 0 Å². The maximum atomic E-state index is 12.7. The quantitative estimate of drug-likeness (QED) is 0.491. The third kappa shape index (κ3) is 3.17. The van der Waals surface area contributed by atoms with Crippen LogP contribution >= 0.6 is 22.7 Å². The van der Waals surface area contributed by atoms with Crippen LogP contribution in [0, 0.1) is 0 Å². The zero-order chi connectivity index (χ0) is 17.1. The predicted molar refractivity (Wildman–Crippen MR) is 103 cm³/mol. The molecule has 0 N–H and O–H groups in total. The largest absolute Gasteiger partial charge is 0.462 e. The minimum atomic E-state index is -0.219. The van der Waals surface area contributed by atoms with Gasteiger partial charge in [0.1, 0.15) is 0 Å². The fourth-order valence-corrected chi connectivity index (χ4v) is 4.87. The number of carbonyl (C=O) groups is 1. The molecule has 4 heteroatoms. The smallest absolute Gasteiger partial charge is 0.339 e. The van der Waals surface area contributed by atoms with E-state index in [4.69, 9.17) is 4.74 Å². The molecular formula is C20H20O2S2. The van der Waals surface area contributed by atoms with Crippen molar-refractivity contribution in [1.82, 2.24) is 0 Å². The van der Waals surface area contributed by atoms with Crippen LogP contribution < -0.4 is 0 Å². The zero-order valence-electron chi connectivity index (χ0n) is 14.0. The monoisotopic (exact) mass is 356 g/mol. The number of ether oxygens (including phenoxy) is 1. The van der Waals surface area contributed by atoms with Crippen molar-refractivity contribution in [3.05, 3.63) is 58.3 Å². The second kappa shape index (κ2) is 7.32. The summed E-state index contributed by atoms with van der Waals surface area (Å²) >= 11 is 3.36. The van der Waals surface area contributed by atoms with Gasteiger partial charge in [0, 0.05) is 20.2 Å². The second-order valence-corrected chi connectivity index (χ2v) is 7.76. The molecule has 0 saturated carbocycles. The minimum absolute atomic E-state index is 0.219. The van der Waals surface area contributed by atoms with E-state index in [9.17, 15) is 4.79 Å². The van der Waals surface area contributed by atoms with Crippen molar-refractivity contribution in [3.8, 4) is 20.9 Å². The Bertz CT molecular complexity index is 815. The molecule has 1 aromatic carbocycles. The molecule has 0 unspecified atom stereocenters. The lowest BCUT2D eigenvalue weighted by Gasteiger charge is -2.09. The van der Waals surface area contributed by atoms with Gasteiger partial charge in [-0.15, -0.1) is 22.7 Å². The lowest BCUT2D eigenvalue weighted by molar-refractivity contribution is 0.0526. The molecule has 3 aromatic rings. The molecule has 24 heavy (non-hydrogen) atoms. The molecule has 0 bridgehead atoms. The zero-order valence-corrected chi connectivity index (χ0v) is 15.7. The SMILES string of the molecule is CCOC(=O)c1c(C(C)C)sc(-c2ccccc2)c1-c1cccs1. The van der Waals surface area contributed by atoms with Crippen molar-refractivity contribution in [2.24, 2.45) is 0 Å². The Morgan fingerprint density at radius 1 is 1.12 bits per heavy atom. The molecule has 0 amide bonds.